The minimum atomic E-state index is -0.679. The zero-order chi connectivity index (χ0) is 20.8. The highest BCUT2D eigenvalue weighted by Gasteiger charge is 2.59. The van der Waals surface area contributed by atoms with E-state index in [0.29, 0.717) is 11.3 Å². The van der Waals surface area contributed by atoms with Crippen LogP contribution in [-0.2, 0) is 14.3 Å². The number of esters is 1. The number of carbonyl (C=O) groups excluding carboxylic acids is 4. The highest BCUT2D eigenvalue weighted by atomic mass is 16.5. The van der Waals surface area contributed by atoms with Crippen LogP contribution in [0.5, 0.6) is 0 Å². The molecular weight excluding hydrogens is 382 g/mol. The molecule has 2 amide bonds. The van der Waals surface area contributed by atoms with Gasteiger partial charge in [-0.15, -0.1) is 0 Å². The van der Waals surface area contributed by atoms with E-state index in [1.165, 1.54) is 17.0 Å². The van der Waals surface area contributed by atoms with Crippen LogP contribution in [0.2, 0.25) is 0 Å². The van der Waals surface area contributed by atoms with Gasteiger partial charge >= 0.3 is 5.97 Å². The number of hydrogen-bond donors (Lipinski definition) is 0. The first-order chi connectivity index (χ1) is 14.5. The Balaban J connectivity index is 1.31. The smallest absolute Gasteiger partial charge is 0.338 e. The van der Waals surface area contributed by atoms with Crippen molar-refractivity contribution in [1.29, 1.82) is 0 Å². The number of allylic oxidation sites excluding steroid dienone is 2. The van der Waals surface area contributed by atoms with Gasteiger partial charge < -0.3 is 4.74 Å². The van der Waals surface area contributed by atoms with Crippen molar-refractivity contribution < 1.29 is 23.9 Å². The van der Waals surface area contributed by atoms with Gasteiger partial charge in [0.25, 0.3) is 0 Å². The molecular formula is C24H19NO5. The maximum Gasteiger partial charge on any atom is 0.338 e. The molecule has 6 nitrogen and oxygen atoms in total. The molecule has 2 fully saturated rings. The third kappa shape index (κ3) is 2.87. The number of hydrogen-bond acceptors (Lipinski definition) is 5. The summed E-state index contributed by atoms with van der Waals surface area (Å²) >= 11 is 0. The van der Waals surface area contributed by atoms with Crippen molar-refractivity contribution >= 4 is 29.3 Å². The molecule has 0 N–H and O–H groups in total. The predicted octanol–water partition coefficient (Wildman–Crippen LogP) is 3.04. The number of nitrogens with zero attached hydrogens (tertiary/aromatic N) is 1. The Hall–Kier alpha value is -3.54. The van der Waals surface area contributed by atoms with Gasteiger partial charge in [-0.25, -0.2) is 9.69 Å². The average Bonchev–Trinajstić information content (AvgIpc) is 3.46. The fourth-order valence-corrected chi connectivity index (χ4v) is 4.85. The number of carbonyl (C=O) groups is 4. The molecule has 3 aliphatic rings. The third-order valence-electron chi connectivity index (χ3n) is 6.24. The van der Waals surface area contributed by atoms with E-state index >= 15 is 0 Å². The van der Waals surface area contributed by atoms with E-state index < -0.39 is 5.97 Å². The molecule has 2 aliphatic carbocycles. The minimum absolute atomic E-state index is 0.124. The topological polar surface area (TPSA) is 80.8 Å². The molecule has 0 unspecified atom stereocenters. The van der Waals surface area contributed by atoms with Gasteiger partial charge in [0.15, 0.2) is 12.4 Å². The number of amides is 2. The average molecular weight is 401 g/mol. The van der Waals surface area contributed by atoms with Gasteiger partial charge in [0.1, 0.15) is 0 Å². The lowest BCUT2D eigenvalue weighted by atomic mass is 9.85. The van der Waals surface area contributed by atoms with Gasteiger partial charge in [-0.05, 0) is 36.5 Å². The summed E-state index contributed by atoms with van der Waals surface area (Å²) in [7, 11) is 0. The van der Waals surface area contributed by atoms with E-state index in [0.717, 1.165) is 6.42 Å². The number of ketones is 1. The van der Waals surface area contributed by atoms with Gasteiger partial charge in [-0.1, -0.05) is 48.6 Å². The normalized spacial score (nSPS) is 26.2. The largest absolute Gasteiger partial charge is 0.454 e. The predicted molar refractivity (Wildman–Crippen MR) is 108 cm³/mol. The lowest BCUT2D eigenvalue weighted by molar-refractivity contribution is -0.123. The van der Waals surface area contributed by atoms with E-state index in [-0.39, 0.29) is 53.4 Å². The van der Waals surface area contributed by atoms with Gasteiger partial charge in [0.05, 0.1) is 23.1 Å². The summed E-state index contributed by atoms with van der Waals surface area (Å²) in [6, 6.07) is 14.8. The molecule has 0 radical (unpaired) electrons. The lowest BCUT2D eigenvalue weighted by Crippen LogP contribution is -2.33. The Labute approximate surface area is 173 Å². The van der Waals surface area contributed by atoms with Crippen LogP contribution in [-0.4, -0.2) is 30.2 Å². The molecule has 2 aromatic carbocycles. The van der Waals surface area contributed by atoms with E-state index in [1.807, 2.05) is 12.2 Å². The molecule has 6 heteroatoms. The zero-order valence-corrected chi connectivity index (χ0v) is 16.1. The van der Waals surface area contributed by atoms with Crippen molar-refractivity contribution in [2.75, 3.05) is 11.5 Å². The second kappa shape index (κ2) is 7.06. The molecule has 150 valence electrons. The first kappa shape index (κ1) is 18.5. The van der Waals surface area contributed by atoms with Crippen molar-refractivity contribution in [3.63, 3.8) is 0 Å². The summed E-state index contributed by atoms with van der Waals surface area (Å²) in [5, 5.41) is 0. The summed E-state index contributed by atoms with van der Waals surface area (Å²) in [5.41, 5.74) is 1.01. The summed E-state index contributed by atoms with van der Waals surface area (Å²) in [4.78, 5) is 51.7. The molecule has 5 rings (SSSR count). The number of imide groups is 1. The molecule has 1 aliphatic heterocycles. The zero-order valence-electron chi connectivity index (χ0n) is 16.1. The number of anilines is 1. The molecule has 0 aromatic heterocycles. The molecule has 1 saturated carbocycles. The van der Waals surface area contributed by atoms with E-state index in [4.69, 9.17) is 4.74 Å². The van der Waals surface area contributed by atoms with Crippen molar-refractivity contribution in [1.82, 2.24) is 0 Å². The second-order valence-electron chi connectivity index (χ2n) is 7.93. The summed E-state index contributed by atoms with van der Waals surface area (Å²) < 4.78 is 5.15. The van der Waals surface area contributed by atoms with Crippen LogP contribution in [0, 0.1) is 23.7 Å². The molecule has 0 spiro atoms. The molecule has 4 atom stereocenters. The maximum atomic E-state index is 13.0. The van der Waals surface area contributed by atoms with Crippen LogP contribution in [0.25, 0.3) is 0 Å². The second-order valence-corrected chi connectivity index (χ2v) is 7.93. The van der Waals surface area contributed by atoms with Crippen molar-refractivity contribution in [2.24, 2.45) is 23.7 Å². The maximum absolute atomic E-state index is 13.0. The molecule has 30 heavy (non-hydrogen) atoms. The first-order valence-electron chi connectivity index (χ1n) is 9.96. The summed E-state index contributed by atoms with van der Waals surface area (Å²) in [5.74, 6) is -1.74. The quantitative estimate of drug-likeness (QED) is 0.333. The Kier molecular flexibility index (Phi) is 4.35. The van der Waals surface area contributed by atoms with Crippen LogP contribution < -0.4 is 4.90 Å². The number of fused-ring (bicyclic) bond motifs is 5. The first-order valence-corrected chi connectivity index (χ1v) is 9.96. The number of Topliss-reactive ketones (excluding diaryl/α,β-unsaturated/α-hetero) is 1. The Morgan fingerprint density at radius 1 is 0.867 bits per heavy atom. The van der Waals surface area contributed by atoms with Crippen LogP contribution >= 0.6 is 0 Å². The SMILES string of the molecule is O=C(COC(=O)c1cccc(N2C(=O)[C@@H]3[C@@H](C2=O)[C@@H]2C=C[C@@H]3C2)c1)c1ccccc1. The number of rotatable bonds is 5. The van der Waals surface area contributed by atoms with Crippen molar-refractivity contribution in [3.8, 4) is 0 Å². The third-order valence-corrected chi connectivity index (χ3v) is 6.24. The summed E-state index contributed by atoms with van der Waals surface area (Å²) in [6.07, 6.45) is 4.94. The lowest BCUT2D eigenvalue weighted by Gasteiger charge is -2.18. The molecule has 1 saturated heterocycles. The monoisotopic (exact) mass is 401 g/mol. The highest BCUT2D eigenvalue weighted by molar-refractivity contribution is 6.23. The van der Waals surface area contributed by atoms with Crippen molar-refractivity contribution in [2.45, 2.75) is 6.42 Å². The van der Waals surface area contributed by atoms with Crippen LogP contribution in [0.1, 0.15) is 27.1 Å². The Morgan fingerprint density at radius 2 is 1.50 bits per heavy atom. The van der Waals surface area contributed by atoms with Gasteiger partial charge in [0.2, 0.25) is 11.8 Å². The Bertz CT molecular complexity index is 1060. The summed E-state index contributed by atoms with van der Waals surface area (Å²) in [6.45, 7) is -0.381. The fraction of sp³-hybridized carbons (Fsp3) is 0.250. The van der Waals surface area contributed by atoms with Gasteiger partial charge in [-0.3, -0.25) is 14.4 Å². The fourth-order valence-electron chi connectivity index (χ4n) is 4.85. The van der Waals surface area contributed by atoms with Gasteiger partial charge in [0, 0.05) is 5.56 Å². The van der Waals surface area contributed by atoms with Crippen molar-refractivity contribution in [3.05, 3.63) is 77.9 Å². The van der Waals surface area contributed by atoms with Gasteiger partial charge in [-0.2, -0.15) is 0 Å². The number of ether oxygens (including phenoxy) is 1. The molecule has 2 aromatic rings. The van der Waals surface area contributed by atoms with E-state index in [1.54, 1.807) is 42.5 Å². The van der Waals surface area contributed by atoms with E-state index in [2.05, 4.69) is 0 Å². The van der Waals surface area contributed by atoms with Crippen LogP contribution in [0.4, 0.5) is 5.69 Å². The minimum Gasteiger partial charge on any atom is -0.454 e. The molecule has 2 bridgehead atoms. The molecule has 1 heterocycles. The standard InChI is InChI=1S/C24H19NO5/c26-19(14-5-2-1-3-6-14)13-30-24(29)17-7-4-8-18(12-17)25-22(27)20-15-9-10-16(11-15)21(20)23(25)28/h1-10,12,15-16,20-21H,11,13H2/t15-,16-,20+,21+/m1/s1. The highest BCUT2D eigenvalue weighted by Crippen LogP contribution is 2.53. The van der Waals surface area contributed by atoms with E-state index in [9.17, 15) is 19.2 Å². The Morgan fingerprint density at radius 3 is 2.17 bits per heavy atom. The van der Waals surface area contributed by atoms with Crippen LogP contribution in [0.15, 0.2) is 66.7 Å². The number of benzene rings is 2. The van der Waals surface area contributed by atoms with Crippen LogP contribution in [0.3, 0.4) is 0 Å².